The number of carbonyl (C=O) groups is 2. The molecule has 0 fully saturated rings. The van der Waals surface area contributed by atoms with Gasteiger partial charge in [0.25, 0.3) is 5.91 Å². The predicted octanol–water partition coefficient (Wildman–Crippen LogP) is 4.24. The van der Waals surface area contributed by atoms with Gasteiger partial charge in [0.15, 0.2) is 6.61 Å². The minimum absolute atomic E-state index is 0.0360. The first-order chi connectivity index (χ1) is 12.5. The van der Waals surface area contributed by atoms with Crippen LogP contribution in [0.4, 0.5) is 10.7 Å². The number of halogens is 2. The molecule has 0 unspecified atom stereocenters. The zero-order chi connectivity index (χ0) is 18.7. The molecule has 0 spiro atoms. The number of rotatable bonds is 4. The van der Waals surface area contributed by atoms with Gasteiger partial charge >= 0.3 is 6.09 Å². The van der Waals surface area contributed by atoms with E-state index in [1.165, 1.54) is 17.7 Å². The Balaban J connectivity index is 1.88. The second-order valence-corrected chi connectivity index (χ2v) is 5.98. The molecule has 0 aliphatic rings. The van der Waals surface area contributed by atoms with E-state index in [1.54, 1.807) is 36.4 Å². The molecule has 9 heteroatoms. The Morgan fingerprint density at radius 1 is 1.19 bits per heavy atom. The molecule has 1 heterocycles. The van der Waals surface area contributed by atoms with Gasteiger partial charge in [-0.05, 0) is 30.3 Å². The number of nitrogens with zero attached hydrogens (tertiary/aromatic N) is 2. The van der Waals surface area contributed by atoms with Gasteiger partial charge in [-0.15, -0.1) is 0 Å². The third-order valence-corrected chi connectivity index (χ3v) is 3.98. The number of hydrogen-bond donors (Lipinski definition) is 1. The van der Waals surface area contributed by atoms with Crippen LogP contribution >= 0.6 is 23.2 Å². The molecule has 3 aromatic rings. The van der Waals surface area contributed by atoms with Crippen LogP contribution in [0.5, 0.6) is 5.75 Å². The first-order valence-electron chi connectivity index (χ1n) is 7.43. The van der Waals surface area contributed by atoms with Crippen molar-refractivity contribution in [3.8, 4) is 5.75 Å². The van der Waals surface area contributed by atoms with E-state index in [9.17, 15) is 9.59 Å². The number of aromatic nitrogens is 2. The Hall–Kier alpha value is -2.77. The fraction of sp³-hybridized carbons (Fsp3) is 0.118. The van der Waals surface area contributed by atoms with Crippen molar-refractivity contribution in [3.05, 3.63) is 52.5 Å². The van der Waals surface area contributed by atoms with Gasteiger partial charge in [0.2, 0.25) is 5.95 Å². The van der Waals surface area contributed by atoms with Crippen molar-refractivity contribution in [3.63, 3.8) is 0 Å². The Bertz CT molecular complexity index is 987. The first-order valence-corrected chi connectivity index (χ1v) is 8.18. The molecule has 0 atom stereocenters. The number of anilines is 1. The second-order valence-electron chi connectivity index (χ2n) is 5.13. The summed E-state index contributed by atoms with van der Waals surface area (Å²) in [5.41, 5.74) is 1.06. The van der Waals surface area contributed by atoms with Gasteiger partial charge in [0.1, 0.15) is 5.75 Å². The summed E-state index contributed by atoms with van der Waals surface area (Å²) in [6.45, 7) is -0.322. The monoisotopic (exact) mass is 393 g/mol. The predicted molar refractivity (Wildman–Crippen MR) is 98.3 cm³/mol. The summed E-state index contributed by atoms with van der Waals surface area (Å²) >= 11 is 11.9. The lowest BCUT2D eigenvalue weighted by atomic mass is 10.3. The number of hydrogen-bond acceptors (Lipinski definition) is 5. The molecule has 134 valence electrons. The highest BCUT2D eigenvalue weighted by molar-refractivity contribution is 6.35. The molecule has 1 amide bonds. The van der Waals surface area contributed by atoms with Crippen LogP contribution in [-0.4, -0.2) is 35.3 Å². The quantitative estimate of drug-likeness (QED) is 0.716. The SMILES string of the molecule is COC(=O)Nc1nc2ccccc2n1C(=O)COc1ccc(Cl)cc1Cl. The molecule has 0 saturated carbocycles. The van der Waals surface area contributed by atoms with E-state index in [0.29, 0.717) is 21.8 Å². The smallest absolute Gasteiger partial charge is 0.413 e. The number of nitrogens with one attached hydrogen (secondary N) is 1. The molecule has 2 aromatic carbocycles. The van der Waals surface area contributed by atoms with Crippen molar-refractivity contribution >= 4 is 52.2 Å². The van der Waals surface area contributed by atoms with Crippen molar-refractivity contribution < 1.29 is 19.1 Å². The second kappa shape index (κ2) is 7.63. The molecule has 7 nitrogen and oxygen atoms in total. The van der Waals surface area contributed by atoms with Crippen molar-refractivity contribution in [2.75, 3.05) is 19.0 Å². The number of fused-ring (bicyclic) bond motifs is 1. The Morgan fingerprint density at radius 3 is 2.69 bits per heavy atom. The van der Waals surface area contributed by atoms with Gasteiger partial charge in [0.05, 0.1) is 23.2 Å². The molecule has 1 N–H and O–H groups in total. The summed E-state index contributed by atoms with van der Waals surface area (Å²) in [4.78, 5) is 28.5. The minimum atomic E-state index is -0.740. The van der Waals surface area contributed by atoms with Crippen molar-refractivity contribution in [1.82, 2.24) is 9.55 Å². The Kier molecular flexibility index (Phi) is 5.29. The molecule has 0 bridgehead atoms. The highest BCUT2D eigenvalue weighted by Gasteiger charge is 2.19. The van der Waals surface area contributed by atoms with Crippen LogP contribution in [0, 0.1) is 0 Å². The number of benzene rings is 2. The number of para-hydroxylation sites is 2. The molecule has 0 saturated heterocycles. The third-order valence-electron chi connectivity index (χ3n) is 3.45. The van der Waals surface area contributed by atoms with Crippen molar-refractivity contribution in [1.29, 1.82) is 0 Å². The molecule has 3 rings (SSSR count). The van der Waals surface area contributed by atoms with Gasteiger partial charge in [-0.25, -0.2) is 14.3 Å². The largest absolute Gasteiger partial charge is 0.482 e. The van der Waals surface area contributed by atoms with Crippen LogP contribution in [-0.2, 0) is 4.74 Å². The Labute approximate surface area is 158 Å². The number of methoxy groups -OCH3 is 1. The number of ether oxygens (including phenoxy) is 2. The average Bonchev–Trinajstić information content (AvgIpc) is 2.98. The topological polar surface area (TPSA) is 82.5 Å². The summed E-state index contributed by atoms with van der Waals surface area (Å²) in [6.07, 6.45) is -0.740. The first kappa shape index (κ1) is 18.0. The summed E-state index contributed by atoms with van der Waals surface area (Å²) in [5, 5.41) is 3.16. The molecular weight excluding hydrogens is 381 g/mol. The molecular formula is C17H13Cl2N3O4. The third kappa shape index (κ3) is 3.74. The lowest BCUT2D eigenvalue weighted by molar-refractivity contribution is 0.0845. The maximum absolute atomic E-state index is 12.7. The van der Waals surface area contributed by atoms with E-state index in [4.69, 9.17) is 27.9 Å². The fourth-order valence-corrected chi connectivity index (χ4v) is 2.76. The summed E-state index contributed by atoms with van der Waals surface area (Å²) < 4.78 is 11.3. The van der Waals surface area contributed by atoms with Gasteiger partial charge < -0.3 is 9.47 Å². The lowest BCUT2D eigenvalue weighted by Crippen LogP contribution is -2.23. The number of amides is 1. The van der Waals surface area contributed by atoms with Gasteiger partial charge in [-0.2, -0.15) is 0 Å². The number of imidazole rings is 1. The van der Waals surface area contributed by atoms with Crippen LogP contribution in [0.3, 0.4) is 0 Å². The fourth-order valence-electron chi connectivity index (χ4n) is 2.30. The van der Waals surface area contributed by atoms with Crippen LogP contribution in [0.1, 0.15) is 4.79 Å². The average molecular weight is 394 g/mol. The lowest BCUT2D eigenvalue weighted by Gasteiger charge is -2.10. The maximum Gasteiger partial charge on any atom is 0.413 e. The van der Waals surface area contributed by atoms with Crippen molar-refractivity contribution in [2.24, 2.45) is 0 Å². The normalized spacial score (nSPS) is 10.6. The van der Waals surface area contributed by atoms with E-state index in [2.05, 4.69) is 15.0 Å². The van der Waals surface area contributed by atoms with E-state index >= 15 is 0 Å². The summed E-state index contributed by atoms with van der Waals surface area (Å²) in [5.74, 6) is -0.0960. The highest BCUT2D eigenvalue weighted by Crippen LogP contribution is 2.28. The van der Waals surface area contributed by atoms with E-state index in [-0.39, 0.29) is 17.6 Å². The van der Waals surface area contributed by atoms with E-state index in [1.807, 2.05) is 0 Å². The van der Waals surface area contributed by atoms with Gasteiger partial charge in [0, 0.05) is 5.02 Å². The van der Waals surface area contributed by atoms with Crippen LogP contribution in [0.15, 0.2) is 42.5 Å². The van der Waals surface area contributed by atoms with Crippen LogP contribution in [0.2, 0.25) is 10.0 Å². The highest BCUT2D eigenvalue weighted by atomic mass is 35.5. The molecule has 1 aromatic heterocycles. The van der Waals surface area contributed by atoms with E-state index in [0.717, 1.165) is 0 Å². The van der Waals surface area contributed by atoms with Crippen LogP contribution in [0.25, 0.3) is 11.0 Å². The van der Waals surface area contributed by atoms with Gasteiger partial charge in [-0.1, -0.05) is 35.3 Å². The zero-order valence-corrected chi connectivity index (χ0v) is 15.0. The summed E-state index contributed by atoms with van der Waals surface area (Å²) in [6, 6.07) is 11.6. The zero-order valence-electron chi connectivity index (χ0n) is 13.5. The molecule has 26 heavy (non-hydrogen) atoms. The van der Waals surface area contributed by atoms with Crippen LogP contribution < -0.4 is 10.1 Å². The van der Waals surface area contributed by atoms with Crippen molar-refractivity contribution in [2.45, 2.75) is 0 Å². The van der Waals surface area contributed by atoms with Gasteiger partial charge in [-0.3, -0.25) is 10.1 Å². The maximum atomic E-state index is 12.7. The Morgan fingerprint density at radius 2 is 1.96 bits per heavy atom. The standard InChI is InChI=1S/C17H13Cl2N3O4/c1-25-17(24)21-16-20-12-4-2-3-5-13(12)22(16)15(23)9-26-14-7-6-10(18)8-11(14)19/h2-8H,9H2,1H3,(H,20,21,24). The molecule has 0 aliphatic carbocycles. The minimum Gasteiger partial charge on any atom is -0.482 e. The van der Waals surface area contributed by atoms with E-state index < -0.39 is 12.0 Å². The molecule has 0 aliphatic heterocycles. The molecule has 0 radical (unpaired) electrons. The number of carbonyl (C=O) groups excluding carboxylic acids is 2. The summed E-state index contributed by atoms with van der Waals surface area (Å²) in [7, 11) is 1.22.